The van der Waals surface area contributed by atoms with Gasteiger partial charge in [-0.1, -0.05) is 71.5 Å². The maximum atomic E-state index is 13.6. The molecular formula is C29H21Cl2N3O4. The Hall–Kier alpha value is -4.12. The van der Waals surface area contributed by atoms with E-state index in [0.29, 0.717) is 38.8 Å². The fourth-order valence-corrected chi connectivity index (χ4v) is 4.94. The van der Waals surface area contributed by atoms with E-state index in [9.17, 15) is 14.4 Å². The van der Waals surface area contributed by atoms with Gasteiger partial charge < -0.3 is 10.1 Å². The van der Waals surface area contributed by atoms with E-state index in [4.69, 9.17) is 28.3 Å². The molecule has 1 atom stereocenters. The Morgan fingerprint density at radius 3 is 2.58 bits per heavy atom. The third kappa shape index (κ3) is 5.14. The minimum absolute atomic E-state index is 0.221. The maximum absolute atomic E-state index is 13.6. The van der Waals surface area contributed by atoms with Crippen LogP contribution in [0.15, 0.2) is 75.6 Å². The number of aromatic nitrogens is 1. The van der Waals surface area contributed by atoms with Gasteiger partial charge in [-0.15, -0.1) is 0 Å². The van der Waals surface area contributed by atoms with Gasteiger partial charge in [0.05, 0.1) is 28.8 Å². The average Bonchev–Trinajstić information content (AvgIpc) is 3.22. The summed E-state index contributed by atoms with van der Waals surface area (Å²) in [4.78, 5) is 40.8. The molecule has 2 aliphatic rings. The quantitative estimate of drug-likeness (QED) is 0.391. The van der Waals surface area contributed by atoms with Gasteiger partial charge in [-0.25, -0.2) is 5.01 Å². The first-order chi connectivity index (χ1) is 18.3. The standard InChI is InChI=1S/C29H21Cl2N3O4/c30-19-5-3-4-18(10-13-19)27-21-6-1-2-7-22(21)32-29(38)28(27)23-16-24(17-8-11-20(31)12-9-17)34(33-23)25(35)14-15-26(36)37/h1-2,6-13,24H,4,14-16H2,(H,32,38)(H,36,37). The number of allylic oxidation sites excluding steroid dienone is 4. The molecule has 0 spiro atoms. The zero-order valence-electron chi connectivity index (χ0n) is 20.0. The van der Waals surface area contributed by atoms with Crippen molar-refractivity contribution in [2.24, 2.45) is 5.10 Å². The first-order valence-corrected chi connectivity index (χ1v) is 12.6. The molecule has 1 amide bonds. The number of fused-ring (bicyclic) bond motifs is 1. The lowest BCUT2D eigenvalue weighted by Crippen LogP contribution is -2.27. The molecular weight excluding hydrogens is 525 g/mol. The molecule has 9 heteroatoms. The number of hydrazone groups is 1. The fourth-order valence-electron chi connectivity index (χ4n) is 4.69. The molecule has 3 aromatic rings. The van der Waals surface area contributed by atoms with Crippen LogP contribution in [0.25, 0.3) is 16.5 Å². The van der Waals surface area contributed by atoms with Gasteiger partial charge in [0.1, 0.15) is 0 Å². The zero-order chi connectivity index (χ0) is 26.8. The van der Waals surface area contributed by atoms with E-state index in [2.05, 4.69) is 21.9 Å². The maximum Gasteiger partial charge on any atom is 0.303 e. The van der Waals surface area contributed by atoms with Crippen molar-refractivity contribution in [1.29, 1.82) is 0 Å². The largest absolute Gasteiger partial charge is 0.481 e. The first kappa shape index (κ1) is 25.5. The van der Waals surface area contributed by atoms with Crippen LogP contribution in [0.2, 0.25) is 5.02 Å². The number of para-hydroxylation sites is 1. The number of nitrogens with zero attached hydrogens (tertiary/aromatic N) is 2. The second-order valence-corrected chi connectivity index (χ2v) is 9.73. The molecule has 38 heavy (non-hydrogen) atoms. The highest BCUT2D eigenvalue weighted by atomic mass is 35.5. The molecule has 0 saturated carbocycles. The van der Waals surface area contributed by atoms with E-state index in [1.807, 2.05) is 30.3 Å². The highest BCUT2D eigenvalue weighted by Crippen LogP contribution is 2.37. The highest BCUT2D eigenvalue weighted by molar-refractivity contribution is 6.32. The minimum atomic E-state index is -1.08. The van der Waals surface area contributed by atoms with E-state index in [-0.39, 0.29) is 24.8 Å². The normalized spacial score (nSPS) is 16.7. The summed E-state index contributed by atoms with van der Waals surface area (Å²) in [6, 6.07) is 14.0. The Bertz CT molecular complexity index is 1670. The summed E-state index contributed by atoms with van der Waals surface area (Å²) in [6.45, 7) is 0. The molecule has 5 rings (SSSR count). The molecule has 7 nitrogen and oxygen atoms in total. The number of carbonyl (C=O) groups excluding carboxylic acids is 1. The second kappa shape index (κ2) is 10.7. The Morgan fingerprint density at radius 1 is 1.05 bits per heavy atom. The van der Waals surface area contributed by atoms with Gasteiger partial charge in [0, 0.05) is 40.8 Å². The van der Waals surface area contributed by atoms with Gasteiger partial charge in [0.2, 0.25) is 5.91 Å². The van der Waals surface area contributed by atoms with E-state index in [0.717, 1.165) is 16.5 Å². The van der Waals surface area contributed by atoms with Crippen molar-refractivity contribution in [3.63, 3.8) is 0 Å². The number of carboxylic acids is 1. The number of carbonyl (C=O) groups is 2. The van der Waals surface area contributed by atoms with Crippen molar-refractivity contribution >= 4 is 57.3 Å². The van der Waals surface area contributed by atoms with Crippen LogP contribution >= 0.6 is 23.2 Å². The molecule has 0 saturated heterocycles. The van der Waals surface area contributed by atoms with E-state index in [1.165, 1.54) is 5.01 Å². The third-order valence-electron chi connectivity index (χ3n) is 6.42. The summed E-state index contributed by atoms with van der Waals surface area (Å²) in [5.74, 6) is 4.38. The number of aromatic amines is 1. The molecule has 0 radical (unpaired) electrons. The SMILES string of the molecule is O=C(O)CCC(=O)N1N=C(c2c(C3=CC=C(Cl)C#CC3)c3ccccc3[nH]c2=O)CC1c1ccc(Cl)cc1. The molecule has 2 heterocycles. The van der Waals surface area contributed by atoms with Crippen LogP contribution in [0.4, 0.5) is 0 Å². The van der Waals surface area contributed by atoms with Gasteiger partial charge in [0.25, 0.3) is 5.56 Å². The molecule has 0 bridgehead atoms. The van der Waals surface area contributed by atoms with E-state index < -0.39 is 17.9 Å². The summed E-state index contributed by atoms with van der Waals surface area (Å²) >= 11 is 12.2. The van der Waals surface area contributed by atoms with Crippen LogP contribution in [-0.2, 0) is 9.59 Å². The minimum Gasteiger partial charge on any atom is -0.481 e. The summed E-state index contributed by atoms with van der Waals surface area (Å²) < 4.78 is 0. The van der Waals surface area contributed by atoms with Gasteiger partial charge in [0.15, 0.2) is 0 Å². The van der Waals surface area contributed by atoms with Crippen LogP contribution in [0, 0.1) is 11.8 Å². The van der Waals surface area contributed by atoms with E-state index in [1.54, 1.807) is 30.3 Å². The topological polar surface area (TPSA) is 103 Å². The monoisotopic (exact) mass is 545 g/mol. The van der Waals surface area contributed by atoms with Crippen LogP contribution < -0.4 is 5.56 Å². The Kier molecular flexibility index (Phi) is 7.19. The van der Waals surface area contributed by atoms with E-state index >= 15 is 0 Å². The molecule has 1 aromatic heterocycles. The Morgan fingerprint density at radius 2 is 1.82 bits per heavy atom. The van der Waals surface area contributed by atoms with Gasteiger partial charge >= 0.3 is 5.97 Å². The van der Waals surface area contributed by atoms with Crippen LogP contribution in [-0.4, -0.2) is 32.7 Å². The number of halogens is 2. The summed E-state index contributed by atoms with van der Waals surface area (Å²) in [6.07, 6.45) is 3.61. The number of nitrogens with one attached hydrogen (secondary N) is 1. The number of hydrogen-bond donors (Lipinski definition) is 2. The number of amides is 1. The average molecular weight is 546 g/mol. The molecule has 0 fully saturated rings. The van der Waals surface area contributed by atoms with Crippen molar-refractivity contribution in [3.8, 4) is 11.8 Å². The highest BCUT2D eigenvalue weighted by Gasteiger charge is 2.35. The van der Waals surface area contributed by atoms with Crippen molar-refractivity contribution in [2.75, 3.05) is 0 Å². The first-order valence-electron chi connectivity index (χ1n) is 11.9. The summed E-state index contributed by atoms with van der Waals surface area (Å²) in [5.41, 5.74) is 3.32. The molecule has 1 aliphatic carbocycles. The van der Waals surface area contributed by atoms with Gasteiger partial charge in [-0.3, -0.25) is 14.4 Å². The number of benzene rings is 2. The Balaban J connectivity index is 1.68. The smallest absolute Gasteiger partial charge is 0.303 e. The fraction of sp³-hybridized carbons (Fsp3) is 0.172. The van der Waals surface area contributed by atoms with Crippen LogP contribution in [0.3, 0.4) is 0 Å². The zero-order valence-corrected chi connectivity index (χ0v) is 21.5. The van der Waals surface area contributed by atoms with Gasteiger partial charge in [-0.05, 0) is 35.4 Å². The number of carboxylic acid groups (broad SMARTS) is 1. The molecule has 1 aliphatic heterocycles. The van der Waals surface area contributed by atoms with Crippen molar-refractivity contribution in [1.82, 2.24) is 9.99 Å². The summed E-state index contributed by atoms with van der Waals surface area (Å²) in [5, 5.41) is 16.8. The molecule has 2 N–H and O–H groups in total. The molecule has 1 unspecified atom stereocenters. The second-order valence-electron chi connectivity index (χ2n) is 8.88. The predicted octanol–water partition coefficient (Wildman–Crippen LogP) is 5.64. The predicted molar refractivity (Wildman–Crippen MR) is 148 cm³/mol. The third-order valence-corrected chi connectivity index (χ3v) is 6.89. The lowest BCUT2D eigenvalue weighted by atomic mass is 9.89. The van der Waals surface area contributed by atoms with Crippen LogP contribution in [0.5, 0.6) is 0 Å². The number of rotatable bonds is 6. The van der Waals surface area contributed by atoms with Crippen molar-refractivity contribution < 1.29 is 14.7 Å². The number of hydrogen-bond acceptors (Lipinski definition) is 4. The van der Waals surface area contributed by atoms with Crippen LogP contribution in [0.1, 0.15) is 48.4 Å². The van der Waals surface area contributed by atoms with Gasteiger partial charge in [-0.2, -0.15) is 5.10 Å². The molecule has 2 aromatic carbocycles. The summed E-state index contributed by atoms with van der Waals surface area (Å²) in [7, 11) is 0. The van der Waals surface area contributed by atoms with Crippen molar-refractivity contribution in [2.45, 2.75) is 31.7 Å². The lowest BCUT2D eigenvalue weighted by Gasteiger charge is -2.22. The Labute approximate surface area is 228 Å². The molecule has 190 valence electrons. The number of pyridine rings is 1. The number of H-pyrrole nitrogens is 1. The van der Waals surface area contributed by atoms with Crippen molar-refractivity contribution in [3.05, 3.63) is 97.8 Å². The lowest BCUT2D eigenvalue weighted by molar-refractivity contribution is -0.141. The number of aliphatic carboxylic acids is 1.